The van der Waals surface area contributed by atoms with Gasteiger partial charge in [-0.1, -0.05) is 61.5 Å². The van der Waals surface area contributed by atoms with E-state index in [-0.39, 0.29) is 11.4 Å². The molecule has 2 aliphatic rings. The fraction of sp³-hybridized carbons (Fsp3) is 0.409. The summed E-state index contributed by atoms with van der Waals surface area (Å²) in [7, 11) is 0. The molecule has 1 aliphatic heterocycles. The van der Waals surface area contributed by atoms with Crippen LogP contribution in [0.3, 0.4) is 0 Å². The molecule has 0 aromatic heterocycles. The number of rotatable bonds is 3. The molecule has 2 nitrogen and oxygen atoms in total. The van der Waals surface area contributed by atoms with E-state index >= 15 is 0 Å². The van der Waals surface area contributed by atoms with Crippen LogP contribution < -0.4 is 0 Å². The van der Waals surface area contributed by atoms with Gasteiger partial charge in [-0.25, -0.2) is 0 Å². The molecule has 2 heteroatoms. The summed E-state index contributed by atoms with van der Waals surface area (Å²) in [6.45, 7) is 2.91. The number of fused-ring (bicyclic) bond motifs is 1. The minimum absolute atomic E-state index is 0.0338. The quantitative estimate of drug-likeness (QED) is 0.754. The molecular formula is C22H24O2. The molecule has 24 heavy (non-hydrogen) atoms. The summed E-state index contributed by atoms with van der Waals surface area (Å²) in [6.07, 6.45) is 4.04. The molecule has 3 unspecified atom stereocenters. The first-order valence-electron chi connectivity index (χ1n) is 8.99. The highest BCUT2D eigenvalue weighted by Crippen LogP contribution is 2.50. The van der Waals surface area contributed by atoms with E-state index < -0.39 is 0 Å². The smallest absolute Gasteiger partial charge is 0.312 e. The second-order valence-electron chi connectivity index (χ2n) is 7.57. The van der Waals surface area contributed by atoms with Crippen molar-refractivity contribution in [3.8, 4) is 11.1 Å². The first-order valence-corrected chi connectivity index (χ1v) is 8.99. The number of carbonyl (C=O) groups is 1. The van der Waals surface area contributed by atoms with Gasteiger partial charge in [-0.05, 0) is 48.3 Å². The van der Waals surface area contributed by atoms with Crippen LogP contribution in [-0.2, 0) is 16.0 Å². The molecular weight excluding hydrogens is 296 g/mol. The average Bonchev–Trinajstić information content (AvgIpc) is 2.93. The van der Waals surface area contributed by atoms with Gasteiger partial charge in [0.05, 0.1) is 12.0 Å². The van der Waals surface area contributed by atoms with Crippen molar-refractivity contribution in [1.82, 2.24) is 0 Å². The number of esters is 1. The number of ether oxygens (including phenoxy) is 1. The molecule has 0 radical (unpaired) electrons. The second kappa shape index (κ2) is 6.08. The first kappa shape index (κ1) is 15.4. The molecule has 3 atom stereocenters. The molecule has 1 saturated carbocycles. The van der Waals surface area contributed by atoms with Crippen molar-refractivity contribution in [2.75, 3.05) is 6.61 Å². The Kier molecular flexibility index (Phi) is 3.91. The third-order valence-corrected chi connectivity index (χ3v) is 5.95. The predicted molar refractivity (Wildman–Crippen MR) is 95.5 cm³/mol. The van der Waals surface area contributed by atoms with E-state index in [1.165, 1.54) is 16.7 Å². The molecule has 124 valence electrons. The molecule has 2 aromatic carbocycles. The normalized spacial score (nSPS) is 29.1. The van der Waals surface area contributed by atoms with E-state index in [0.717, 1.165) is 25.7 Å². The summed E-state index contributed by atoms with van der Waals surface area (Å²) in [5.41, 5.74) is 3.42. The van der Waals surface area contributed by atoms with Crippen molar-refractivity contribution in [2.45, 2.75) is 32.6 Å². The van der Waals surface area contributed by atoms with Crippen LogP contribution in [0.5, 0.6) is 0 Å². The highest BCUT2D eigenvalue weighted by atomic mass is 16.5. The lowest BCUT2D eigenvalue weighted by Crippen LogP contribution is -2.40. The molecule has 0 N–H and O–H groups in total. The minimum atomic E-state index is -0.277. The molecule has 4 rings (SSSR count). The Bertz CT molecular complexity index is 719. The lowest BCUT2D eigenvalue weighted by atomic mass is 9.62. The number of hydrogen-bond donors (Lipinski definition) is 0. The fourth-order valence-corrected chi connectivity index (χ4v) is 4.47. The van der Waals surface area contributed by atoms with E-state index in [4.69, 9.17) is 4.74 Å². The Balaban J connectivity index is 1.57. The Morgan fingerprint density at radius 3 is 2.50 bits per heavy atom. The summed E-state index contributed by atoms with van der Waals surface area (Å²) >= 11 is 0. The molecule has 0 bridgehead atoms. The molecule has 0 amide bonds. The third-order valence-electron chi connectivity index (χ3n) is 5.95. The maximum atomic E-state index is 12.5. The van der Waals surface area contributed by atoms with Crippen LogP contribution in [0.15, 0.2) is 54.6 Å². The van der Waals surface area contributed by atoms with E-state index in [1.807, 2.05) is 6.07 Å². The fourth-order valence-electron chi connectivity index (χ4n) is 4.47. The van der Waals surface area contributed by atoms with Crippen molar-refractivity contribution in [2.24, 2.45) is 17.3 Å². The van der Waals surface area contributed by atoms with Crippen LogP contribution >= 0.6 is 0 Å². The van der Waals surface area contributed by atoms with Gasteiger partial charge in [-0.3, -0.25) is 4.79 Å². The Morgan fingerprint density at radius 1 is 1.04 bits per heavy atom. The Hall–Kier alpha value is -2.09. The van der Waals surface area contributed by atoms with Crippen molar-refractivity contribution in [1.29, 1.82) is 0 Å². The van der Waals surface area contributed by atoms with Gasteiger partial charge in [0.25, 0.3) is 0 Å². The van der Waals surface area contributed by atoms with Gasteiger partial charge in [0.1, 0.15) is 0 Å². The Morgan fingerprint density at radius 2 is 1.75 bits per heavy atom. The third kappa shape index (κ3) is 2.64. The zero-order chi connectivity index (χ0) is 16.6. The lowest BCUT2D eigenvalue weighted by molar-refractivity contribution is -0.147. The summed E-state index contributed by atoms with van der Waals surface area (Å²) < 4.78 is 5.48. The zero-order valence-corrected chi connectivity index (χ0v) is 14.2. The molecule has 2 aromatic rings. The molecule has 0 spiro atoms. The van der Waals surface area contributed by atoms with Gasteiger partial charge < -0.3 is 4.74 Å². The van der Waals surface area contributed by atoms with E-state index in [9.17, 15) is 4.79 Å². The number of benzene rings is 2. The monoisotopic (exact) mass is 320 g/mol. The maximum Gasteiger partial charge on any atom is 0.312 e. The van der Waals surface area contributed by atoms with Crippen molar-refractivity contribution in [3.63, 3.8) is 0 Å². The van der Waals surface area contributed by atoms with Gasteiger partial charge in [0.2, 0.25) is 0 Å². The SMILES string of the molecule is CC1CCC2(Cc3ccc(-c4ccccc4)cc3)C(=O)OCC2C1. The van der Waals surface area contributed by atoms with Crippen LogP contribution in [0.25, 0.3) is 11.1 Å². The van der Waals surface area contributed by atoms with E-state index in [1.54, 1.807) is 0 Å². The highest BCUT2D eigenvalue weighted by molar-refractivity contribution is 5.80. The number of hydrogen-bond acceptors (Lipinski definition) is 2. The van der Waals surface area contributed by atoms with Crippen molar-refractivity contribution in [3.05, 3.63) is 60.2 Å². The number of cyclic esters (lactones) is 1. The Labute approximate surface area is 143 Å². The topological polar surface area (TPSA) is 26.3 Å². The predicted octanol–water partition coefficient (Wildman–Crippen LogP) is 4.88. The maximum absolute atomic E-state index is 12.5. The highest BCUT2D eigenvalue weighted by Gasteiger charge is 2.54. The van der Waals surface area contributed by atoms with Crippen LogP contribution in [0.4, 0.5) is 0 Å². The largest absolute Gasteiger partial charge is 0.465 e. The average molecular weight is 320 g/mol. The summed E-state index contributed by atoms with van der Waals surface area (Å²) in [5.74, 6) is 1.13. The van der Waals surface area contributed by atoms with Crippen molar-refractivity contribution < 1.29 is 9.53 Å². The summed E-state index contributed by atoms with van der Waals surface area (Å²) in [4.78, 5) is 12.5. The van der Waals surface area contributed by atoms with Gasteiger partial charge in [0, 0.05) is 5.92 Å². The molecule has 1 saturated heterocycles. The summed E-state index contributed by atoms with van der Waals surface area (Å²) in [5, 5.41) is 0. The van der Waals surface area contributed by atoms with Gasteiger partial charge in [-0.2, -0.15) is 0 Å². The standard InChI is InChI=1S/C22H24O2/c1-16-11-12-22(20(13-16)15-24-21(22)23)14-17-7-9-19(10-8-17)18-5-3-2-4-6-18/h2-10,16,20H,11-15H2,1H3. The van der Waals surface area contributed by atoms with Gasteiger partial charge in [-0.15, -0.1) is 0 Å². The van der Waals surface area contributed by atoms with E-state index in [0.29, 0.717) is 18.4 Å². The van der Waals surface area contributed by atoms with Gasteiger partial charge in [0.15, 0.2) is 0 Å². The lowest BCUT2D eigenvalue weighted by Gasteiger charge is -2.38. The summed E-state index contributed by atoms with van der Waals surface area (Å²) in [6, 6.07) is 19.1. The number of carbonyl (C=O) groups excluding carboxylic acids is 1. The minimum Gasteiger partial charge on any atom is -0.465 e. The second-order valence-corrected chi connectivity index (χ2v) is 7.57. The van der Waals surface area contributed by atoms with Crippen LogP contribution in [0, 0.1) is 17.3 Å². The van der Waals surface area contributed by atoms with Crippen LogP contribution in [0.1, 0.15) is 31.7 Å². The molecule has 1 heterocycles. The molecule has 2 fully saturated rings. The van der Waals surface area contributed by atoms with Gasteiger partial charge >= 0.3 is 5.97 Å². The van der Waals surface area contributed by atoms with E-state index in [2.05, 4.69) is 55.5 Å². The van der Waals surface area contributed by atoms with Crippen LogP contribution in [-0.4, -0.2) is 12.6 Å². The zero-order valence-electron chi connectivity index (χ0n) is 14.2. The molecule has 1 aliphatic carbocycles. The first-order chi connectivity index (χ1) is 11.7. The van der Waals surface area contributed by atoms with Crippen molar-refractivity contribution >= 4 is 5.97 Å². The van der Waals surface area contributed by atoms with Crippen LogP contribution in [0.2, 0.25) is 0 Å².